The summed E-state index contributed by atoms with van der Waals surface area (Å²) in [6.45, 7) is 3.30. The molecule has 3 aromatic carbocycles. The van der Waals surface area contributed by atoms with Crippen LogP contribution in [0.2, 0.25) is 0 Å². The van der Waals surface area contributed by atoms with E-state index in [2.05, 4.69) is 47.4 Å². The Balaban J connectivity index is 1.27. The zero-order valence-corrected chi connectivity index (χ0v) is 24.8. The Bertz CT molecular complexity index is 1340. The minimum absolute atomic E-state index is 0.179. The highest BCUT2D eigenvalue weighted by molar-refractivity contribution is 5.80. The number of hydrogen-bond donors (Lipinski definition) is 0. The first-order valence-electron chi connectivity index (χ1n) is 14.6. The SMILES string of the molecule is COc1cc2c(cc1OC)CC(=O)N(CCCN(Cc1ccccc1)C1CCc3cc(OC)c(OC)cc3C1)CC2. The van der Waals surface area contributed by atoms with Crippen LogP contribution in [-0.2, 0) is 37.0 Å². The van der Waals surface area contributed by atoms with Crippen molar-refractivity contribution < 1.29 is 23.7 Å². The van der Waals surface area contributed by atoms with Gasteiger partial charge in [0.2, 0.25) is 5.91 Å². The van der Waals surface area contributed by atoms with Crippen LogP contribution in [0.4, 0.5) is 0 Å². The second-order valence-corrected chi connectivity index (χ2v) is 11.0. The van der Waals surface area contributed by atoms with Gasteiger partial charge < -0.3 is 23.8 Å². The average molecular weight is 559 g/mol. The molecule has 0 saturated heterocycles. The summed E-state index contributed by atoms with van der Waals surface area (Å²) in [4.78, 5) is 17.9. The van der Waals surface area contributed by atoms with E-state index < -0.39 is 0 Å². The summed E-state index contributed by atoms with van der Waals surface area (Å²) in [6.07, 6.45) is 5.23. The lowest BCUT2D eigenvalue weighted by atomic mass is 9.86. The summed E-state index contributed by atoms with van der Waals surface area (Å²) in [5, 5.41) is 0. The van der Waals surface area contributed by atoms with Crippen LogP contribution in [0.15, 0.2) is 54.6 Å². The van der Waals surface area contributed by atoms with Gasteiger partial charge in [0.05, 0.1) is 34.9 Å². The molecule has 0 N–H and O–H groups in total. The maximum Gasteiger partial charge on any atom is 0.227 e. The maximum absolute atomic E-state index is 13.3. The largest absolute Gasteiger partial charge is 0.493 e. The van der Waals surface area contributed by atoms with Crippen molar-refractivity contribution in [2.24, 2.45) is 0 Å². The third-order valence-corrected chi connectivity index (χ3v) is 8.58. The fraction of sp³-hybridized carbons (Fsp3) is 0.441. The molecule has 0 aromatic heterocycles. The van der Waals surface area contributed by atoms with Crippen molar-refractivity contribution in [3.05, 3.63) is 82.4 Å². The first-order chi connectivity index (χ1) is 20.0. The molecule has 1 heterocycles. The molecule has 41 heavy (non-hydrogen) atoms. The summed E-state index contributed by atoms with van der Waals surface area (Å²) in [5.41, 5.74) is 6.20. The van der Waals surface area contributed by atoms with Crippen molar-refractivity contribution in [2.75, 3.05) is 48.1 Å². The van der Waals surface area contributed by atoms with Crippen molar-refractivity contribution in [1.82, 2.24) is 9.80 Å². The zero-order chi connectivity index (χ0) is 28.8. The Kier molecular flexibility index (Phi) is 9.35. The third kappa shape index (κ3) is 6.62. The van der Waals surface area contributed by atoms with Crippen LogP contribution in [0, 0.1) is 0 Å². The Morgan fingerprint density at radius 3 is 2.00 bits per heavy atom. The fourth-order valence-electron chi connectivity index (χ4n) is 6.30. The fourth-order valence-corrected chi connectivity index (χ4v) is 6.30. The lowest BCUT2D eigenvalue weighted by molar-refractivity contribution is -0.130. The van der Waals surface area contributed by atoms with E-state index >= 15 is 0 Å². The van der Waals surface area contributed by atoms with Gasteiger partial charge in [-0.1, -0.05) is 30.3 Å². The number of ether oxygens (including phenoxy) is 4. The Hall–Kier alpha value is -3.71. The summed E-state index contributed by atoms with van der Waals surface area (Å²) in [7, 11) is 6.67. The molecule has 0 spiro atoms. The maximum atomic E-state index is 13.3. The van der Waals surface area contributed by atoms with Crippen LogP contribution in [0.5, 0.6) is 23.0 Å². The number of aryl methyl sites for hydroxylation is 1. The highest BCUT2D eigenvalue weighted by Gasteiger charge is 2.27. The van der Waals surface area contributed by atoms with Gasteiger partial charge in [-0.05, 0) is 84.2 Å². The minimum Gasteiger partial charge on any atom is -0.493 e. The van der Waals surface area contributed by atoms with Crippen LogP contribution in [0.3, 0.4) is 0 Å². The molecule has 1 amide bonds. The highest BCUT2D eigenvalue weighted by atomic mass is 16.5. The lowest BCUT2D eigenvalue weighted by Gasteiger charge is -2.36. The Morgan fingerprint density at radius 1 is 0.780 bits per heavy atom. The number of nitrogens with zero attached hydrogens (tertiary/aromatic N) is 2. The summed E-state index contributed by atoms with van der Waals surface area (Å²) < 4.78 is 22.1. The number of carbonyl (C=O) groups is 1. The van der Waals surface area contributed by atoms with E-state index in [1.165, 1.54) is 16.7 Å². The van der Waals surface area contributed by atoms with E-state index in [-0.39, 0.29) is 5.91 Å². The predicted octanol–water partition coefficient (Wildman–Crippen LogP) is 5.10. The standard InChI is InChI=1S/C34H42N2O5/c1-38-30-18-25-11-12-29(17-27(25)20-32(30)40-3)36(23-24-9-6-5-7-10-24)15-8-14-35-16-13-26-19-31(39-2)33(41-4)21-28(26)22-34(35)37/h5-7,9-10,18-21,29H,8,11-17,22-23H2,1-4H3. The minimum atomic E-state index is 0.179. The topological polar surface area (TPSA) is 60.5 Å². The Morgan fingerprint density at radius 2 is 1.37 bits per heavy atom. The van der Waals surface area contributed by atoms with Gasteiger partial charge in [-0.3, -0.25) is 9.69 Å². The molecular formula is C34H42N2O5. The molecule has 2 aliphatic rings. The molecule has 0 fully saturated rings. The number of rotatable bonds is 11. The van der Waals surface area contributed by atoms with Crippen LogP contribution in [-0.4, -0.2) is 69.8 Å². The number of amides is 1. The van der Waals surface area contributed by atoms with Gasteiger partial charge in [-0.25, -0.2) is 0 Å². The van der Waals surface area contributed by atoms with Gasteiger partial charge in [0.15, 0.2) is 23.0 Å². The van der Waals surface area contributed by atoms with E-state index in [9.17, 15) is 4.79 Å². The molecule has 5 rings (SSSR count). The number of fused-ring (bicyclic) bond motifs is 2. The molecule has 3 aromatic rings. The molecule has 1 aliphatic carbocycles. The van der Waals surface area contributed by atoms with Gasteiger partial charge in [-0.15, -0.1) is 0 Å². The number of methoxy groups -OCH3 is 4. The molecule has 1 aliphatic heterocycles. The van der Waals surface area contributed by atoms with E-state index in [0.29, 0.717) is 24.0 Å². The van der Waals surface area contributed by atoms with E-state index in [1.807, 2.05) is 17.0 Å². The third-order valence-electron chi connectivity index (χ3n) is 8.58. The summed E-state index contributed by atoms with van der Waals surface area (Å²) in [5.74, 6) is 3.16. The normalized spacial score (nSPS) is 16.6. The van der Waals surface area contributed by atoms with Gasteiger partial charge in [0.25, 0.3) is 0 Å². The number of hydrogen-bond acceptors (Lipinski definition) is 6. The molecular weight excluding hydrogens is 516 g/mol. The molecule has 1 atom stereocenters. The number of carbonyl (C=O) groups excluding carboxylic acids is 1. The predicted molar refractivity (Wildman–Crippen MR) is 160 cm³/mol. The molecule has 0 bridgehead atoms. The molecule has 7 heteroatoms. The quantitative estimate of drug-likeness (QED) is 0.327. The van der Waals surface area contributed by atoms with Gasteiger partial charge in [-0.2, -0.15) is 0 Å². The van der Waals surface area contributed by atoms with Gasteiger partial charge in [0, 0.05) is 32.2 Å². The molecule has 218 valence electrons. The van der Waals surface area contributed by atoms with E-state index in [4.69, 9.17) is 18.9 Å². The lowest BCUT2D eigenvalue weighted by Crippen LogP contribution is -2.41. The van der Waals surface area contributed by atoms with Crippen LogP contribution in [0.1, 0.15) is 40.7 Å². The monoisotopic (exact) mass is 558 g/mol. The molecule has 0 radical (unpaired) electrons. The van der Waals surface area contributed by atoms with Gasteiger partial charge in [0.1, 0.15) is 0 Å². The van der Waals surface area contributed by atoms with Crippen molar-refractivity contribution in [3.63, 3.8) is 0 Å². The number of benzene rings is 3. The van der Waals surface area contributed by atoms with Crippen LogP contribution < -0.4 is 18.9 Å². The summed E-state index contributed by atoms with van der Waals surface area (Å²) in [6, 6.07) is 19.4. The second-order valence-electron chi connectivity index (χ2n) is 11.0. The summed E-state index contributed by atoms with van der Waals surface area (Å²) >= 11 is 0. The van der Waals surface area contributed by atoms with Crippen molar-refractivity contribution >= 4 is 5.91 Å². The second kappa shape index (κ2) is 13.3. The molecule has 7 nitrogen and oxygen atoms in total. The van der Waals surface area contributed by atoms with Crippen molar-refractivity contribution in [3.8, 4) is 23.0 Å². The molecule has 0 saturated carbocycles. The van der Waals surface area contributed by atoms with E-state index in [1.54, 1.807) is 28.4 Å². The Labute approximate surface area is 244 Å². The smallest absolute Gasteiger partial charge is 0.227 e. The first-order valence-corrected chi connectivity index (χ1v) is 14.6. The van der Waals surface area contributed by atoms with Crippen molar-refractivity contribution in [1.29, 1.82) is 0 Å². The van der Waals surface area contributed by atoms with Crippen LogP contribution in [0.25, 0.3) is 0 Å². The molecule has 1 unspecified atom stereocenters. The average Bonchev–Trinajstić information content (AvgIpc) is 3.16. The zero-order valence-electron chi connectivity index (χ0n) is 24.8. The van der Waals surface area contributed by atoms with Gasteiger partial charge >= 0.3 is 0 Å². The van der Waals surface area contributed by atoms with E-state index in [0.717, 1.165) is 80.9 Å². The highest BCUT2D eigenvalue weighted by Crippen LogP contribution is 2.36. The first kappa shape index (κ1) is 28.8. The van der Waals surface area contributed by atoms with Crippen molar-refractivity contribution in [2.45, 2.75) is 51.1 Å². The van der Waals surface area contributed by atoms with Crippen LogP contribution >= 0.6 is 0 Å².